The molecule has 0 fully saturated rings. The van der Waals surface area contributed by atoms with Crippen molar-refractivity contribution in [3.05, 3.63) is 41.0 Å². The molecule has 1 aromatic rings. The number of esters is 2. The molecule has 0 aliphatic carbocycles. The Morgan fingerprint density at radius 2 is 1.86 bits per heavy atom. The first-order valence-corrected chi connectivity index (χ1v) is 6.77. The monoisotopic (exact) mass is 288 g/mol. The van der Waals surface area contributed by atoms with Gasteiger partial charge in [0.15, 0.2) is 11.5 Å². The molecule has 0 radical (unpaired) electrons. The third-order valence-corrected chi connectivity index (χ3v) is 3.24. The summed E-state index contributed by atoms with van der Waals surface area (Å²) in [5.74, 6) is -1.72. The fourth-order valence-electron chi connectivity index (χ4n) is 2.15. The number of cyclic esters (lactones) is 1. The highest BCUT2D eigenvalue weighted by Gasteiger charge is 2.34. The Balaban J connectivity index is 2.52. The third-order valence-electron chi connectivity index (χ3n) is 3.24. The average molecular weight is 288 g/mol. The molecule has 1 aliphatic heterocycles. The molecule has 1 aromatic carbocycles. The number of hydrogen-bond donors (Lipinski definition) is 0. The van der Waals surface area contributed by atoms with E-state index in [4.69, 9.17) is 4.74 Å². The van der Waals surface area contributed by atoms with Crippen molar-refractivity contribution in [3.8, 4) is 0 Å². The molecule has 2 rings (SSSR count). The zero-order valence-corrected chi connectivity index (χ0v) is 12.0. The highest BCUT2D eigenvalue weighted by atomic mass is 16.5. The third kappa shape index (κ3) is 2.86. The lowest BCUT2D eigenvalue weighted by Crippen LogP contribution is -2.17. The summed E-state index contributed by atoms with van der Waals surface area (Å²) in [5, 5.41) is 0. The van der Waals surface area contributed by atoms with Crippen LogP contribution in [-0.4, -0.2) is 24.8 Å². The van der Waals surface area contributed by atoms with E-state index in [1.165, 1.54) is 7.11 Å². The van der Waals surface area contributed by atoms with E-state index in [1.807, 2.05) is 6.92 Å². The maximum Gasteiger partial charge on any atom is 0.345 e. The summed E-state index contributed by atoms with van der Waals surface area (Å²) in [4.78, 5) is 36.0. The Hall–Kier alpha value is -2.43. The van der Waals surface area contributed by atoms with Crippen molar-refractivity contribution >= 4 is 23.5 Å². The first kappa shape index (κ1) is 15.0. The molecule has 0 saturated carbocycles. The molecule has 110 valence electrons. The van der Waals surface area contributed by atoms with Crippen LogP contribution in [0.5, 0.6) is 0 Å². The van der Waals surface area contributed by atoms with Crippen molar-refractivity contribution in [1.29, 1.82) is 0 Å². The highest BCUT2D eigenvalue weighted by molar-refractivity contribution is 6.24. The maximum atomic E-state index is 12.3. The number of carbonyl (C=O) groups excluding carboxylic acids is 3. The van der Waals surface area contributed by atoms with Crippen molar-refractivity contribution in [2.75, 3.05) is 7.11 Å². The largest absolute Gasteiger partial charge is 0.465 e. The first-order chi connectivity index (χ1) is 10.1. The van der Waals surface area contributed by atoms with Gasteiger partial charge in [-0.15, -0.1) is 0 Å². The molecule has 0 bridgehead atoms. The smallest absolute Gasteiger partial charge is 0.345 e. The lowest BCUT2D eigenvalue weighted by molar-refractivity contribution is -0.137. The fourth-order valence-corrected chi connectivity index (χ4v) is 2.15. The summed E-state index contributed by atoms with van der Waals surface area (Å²) in [6.45, 7) is 1.95. The maximum absolute atomic E-state index is 12.3. The van der Waals surface area contributed by atoms with Crippen molar-refractivity contribution in [2.24, 2.45) is 0 Å². The van der Waals surface area contributed by atoms with Gasteiger partial charge in [-0.05, 0) is 12.5 Å². The first-order valence-electron chi connectivity index (χ1n) is 6.77. The Morgan fingerprint density at radius 1 is 1.19 bits per heavy atom. The number of rotatable bonds is 5. The Kier molecular flexibility index (Phi) is 4.52. The van der Waals surface area contributed by atoms with E-state index in [0.29, 0.717) is 17.5 Å². The summed E-state index contributed by atoms with van der Waals surface area (Å²) in [6.07, 6.45) is 1.69. The quantitative estimate of drug-likeness (QED) is 0.360. The number of Topliss-reactive ketones (excluding diaryl/α,β-unsaturated/α-hetero) is 1. The van der Waals surface area contributed by atoms with Crippen LogP contribution in [0, 0.1) is 0 Å². The van der Waals surface area contributed by atoms with Crippen LogP contribution in [0.15, 0.2) is 29.8 Å². The van der Waals surface area contributed by atoms with Crippen LogP contribution < -0.4 is 0 Å². The van der Waals surface area contributed by atoms with Gasteiger partial charge in [-0.2, -0.15) is 0 Å². The standard InChI is InChI=1S/C16H16O5/c1-3-4-9-12(17)13(16(19)20-2)14-10-7-5-6-8-11(10)15(18)21-14/h5-8H,3-4,9H2,1-2H3/b14-13+. The molecular formula is C16H16O5. The van der Waals surface area contributed by atoms with E-state index < -0.39 is 11.9 Å². The Labute approximate surface area is 122 Å². The van der Waals surface area contributed by atoms with Gasteiger partial charge in [-0.25, -0.2) is 9.59 Å². The van der Waals surface area contributed by atoms with Gasteiger partial charge in [0.2, 0.25) is 0 Å². The Bertz CT molecular complexity index is 627. The number of hydrogen-bond acceptors (Lipinski definition) is 5. The van der Waals surface area contributed by atoms with Crippen molar-refractivity contribution in [3.63, 3.8) is 0 Å². The number of methoxy groups -OCH3 is 1. The number of benzene rings is 1. The zero-order valence-electron chi connectivity index (χ0n) is 12.0. The van der Waals surface area contributed by atoms with Crippen LogP contribution >= 0.6 is 0 Å². The summed E-state index contributed by atoms with van der Waals surface area (Å²) < 4.78 is 9.80. The summed E-state index contributed by atoms with van der Waals surface area (Å²) in [5.41, 5.74) is 0.606. The molecule has 0 amide bonds. The van der Waals surface area contributed by atoms with Gasteiger partial charge in [-0.3, -0.25) is 4.79 Å². The molecule has 0 unspecified atom stereocenters. The Morgan fingerprint density at radius 3 is 2.48 bits per heavy atom. The second-order valence-electron chi connectivity index (χ2n) is 4.66. The average Bonchev–Trinajstić information content (AvgIpc) is 2.82. The van der Waals surface area contributed by atoms with E-state index >= 15 is 0 Å². The lowest BCUT2D eigenvalue weighted by Gasteiger charge is -2.08. The van der Waals surface area contributed by atoms with Crippen LogP contribution in [0.25, 0.3) is 5.76 Å². The van der Waals surface area contributed by atoms with Gasteiger partial charge in [0.1, 0.15) is 5.57 Å². The summed E-state index contributed by atoms with van der Waals surface area (Å²) >= 11 is 0. The minimum absolute atomic E-state index is 0.00329. The SMILES string of the molecule is CCCCC(=O)/C(C(=O)OC)=C1\OC(=O)c2ccccc21. The van der Waals surface area contributed by atoms with Crippen LogP contribution in [0.2, 0.25) is 0 Å². The topological polar surface area (TPSA) is 69.7 Å². The zero-order chi connectivity index (χ0) is 15.4. The van der Waals surface area contributed by atoms with Gasteiger partial charge in [0.05, 0.1) is 12.7 Å². The van der Waals surface area contributed by atoms with Crippen LogP contribution in [0.4, 0.5) is 0 Å². The number of fused-ring (bicyclic) bond motifs is 1. The van der Waals surface area contributed by atoms with Crippen LogP contribution in [-0.2, 0) is 19.1 Å². The van der Waals surface area contributed by atoms with E-state index in [0.717, 1.165) is 6.42 Å². The van der Waals surface area contributed by atoms with Crippen molar-refractivity contribution < 1.29 is 23.9 Å². The summed E-state index contributed by atoms with van der Waals surface area (Å²) in [7, 11) is 1.19. The number of ether oxygens (including phenoxy) is 2. The minimum Gasteiger partial charge on any atom is -0.465 e. The van der Waals surface area contributed by atoms with Crippen molar-refractivity contribution in [1.82, 2.24) is 0 Å². The predicted octanol–water partition coefficient (Wildman–Crippen LogP) is 2.50. The fraction of sp³-hybridized carbons (Fsp3) is 0.312. The van der Waals surface area contributed by atoms with Gasteiger partial charge < -0.3 is 9.47 Å². The molecule has 0 saturated heterocycles. The number of carbonyl (C=O) groups is 3. The van der Waals surface area contributed by atoms with Crippen LogP contribution in [0.3, 0.4) is 0 Å². The van der Waals surface area contributed by atoms with E-state index in [2.05, 4.69) is 4.74 Å². The second kappa shape index (κ2) is 6.35. The van der Waals surface area contributed by atoms with E-state index in [9.17, 15) is 14.4 Å². The minimum atomic E-state index is -0.782. The number of unbranched alkanes of at least 4 members (excludes halogenated alkanes) is 1. The number of ketones is 1. The predicted molar refractivity (Wildman–Crippen MR) is 75.3 cm³/mol. The van der Waals surface area contributed by atoms with Crippen molar-refractivity contribution in [2.45, 2.75) is 26.2 Å². The van der Waals surface area contributed by atoms with E-state index in [-0.39, 0.29) is 23.5 Å². The van der Waals surface area contributed by atoms with Crippen LogP contribution in [0.1, 0.15) is 42.1 Å². The normalized spacial score (nSPS) is 15.2. The second-order valence-corrected chi connectivity index (χ2v) is 4.66. The van der Waals surface area contributed by atoms with Gasteiger partial charge in [0, 0.05) is 12.0 Å². The van der Waals surface area contributed by atoms with Gasteiger partial charge >= 0.3 is 11.9 Å². The molecule has 5 heteroatoms. The van der Waals surface area contributed by atoms with Gasteiger partial charge in [-0.1, -0.05) is 31.5 Å². The molecule has 0 N–H and O–H groups in total. The molecule has 1 heterocycles. The van der Waals surface area contributed by atoms with Gasteiger partial charge in [0.25, 0.3) is 0 Å². The molecule has 21 heavy (non-hydrogen) atoms. The molecule has 0 spiro atoms. The summed E-state index contributed by atoms with van der Waals surface area (Å²) in [6, 6.07) is 6.65. The molecular weight excluding hydrogens is 272 g/mol. The molecule has 5 nitrogen and oxygen atoms in total. The molecule has 1 aliphatic rings. The molecule has 0 aromatic heterocycles. The highest BCUT2D eigenvalue weighted by Crippen LogP contribution is 2.33. The van der Waals surface area contributed by atoms with E-state index in [1.54, 1.807) is 24.3 Å². The lowest BCUT2D eigenvalue weighted by atomic mass is 10.00. The molecule has 0 atom stereocenters.